The van der Waals surface area contributed by atoms with Crippen molar-refractivity contribution in [1.82, 2.24) is 4.98 Å². The summed E-state index contributed by atoms with van der Waals surface area (Å²) in [6, 6.07) is 11.0. The fraction of sp³-hybridized carbons (Fsp3) is 0.294. The van der Waals surface area contributed by atoms with Gasteiger partial charge in [-0.25, -0.2) is 0 Å². The minimum atomic E-state index is -0.544. The zero-order valence-electron chi connectivity index (χ0n) is 12.6. The largest absolute Gasteiger partial charge is 0.325 e. The Morgan fingerprint density at radius 1 is 1.05 bits per heavy atom. The van der Waals surface area contributed by atoms with Gasteiger partial charge < -0.3 is 11.1 Å². The van der Waals surface area contributed by atoms with E-state index < -0.39 is 6.04 Å². The molecule has 1 aromatic heterocycles. The molecule has 4 heteroatoms. The van der Waals surface area contributed by atoms with E-state index in [0.717, 1.165) is 16.8 Å². The third-order valence-corrected chi connectivity index (χ3v) is 3.38. The molecule has 0 bridgehead atoms. The van der Waals surface area contributed by atoms with E-state index in [9.17, 15) is 4.79 Å². The summed E-state index contributed by atoms with van der Waals surface area (Å²) in [7, 11) is 0. The van der Waals surface area contributed by atoms with Crippen LogP contribution in [0.25, 0.3) is 11.1 Å². The molecule has 1 aromatic carbocycles. The van der Waals surface area contributed by atoms with E-state index >= 15 is 0 Å². The molecule has 0 fully saturated rings. The van der Waals surface area contributed by atoms with Crippen LogP contribution in [0.2, 0.25) is 0 Å². The van der Waals surface area contributed by atoms with Gasteiger partial charge in [0.15, 0.2) is 0 Å². The summed E-state index contributed by atoms with van der Waals surface area (Å²) in [5.74, 6) is -0.167. The molecular weight excluding hydrogens is 262 g/mol. The first-order valence-electron chi connectivity index (χ1n) is 6.95. The highest BCUT2D eigenvalue weighted by atomic mass is 16.2. The average molecular weight is 283 g/mol. The minimum absolute atomic E-state index is 0.167. The minimum Gasteiger partial charge on any atom is -0.325 e. The maximum atomic E-state index is 12.1. The van der Waals surface area contributed by atoms with Crippen LogP contribution in [-0.2, 0) is 4.79 Å². The van der Waals surface area contributed by atoms with Crippen LogP contribution in [0.1, 0.15) is 20.8 Å². The standard InChI is InChI=1S/C17H21N3O/c1-17(2,3)15(18)16(21)20-14-6-4-12(5-7-14)13-8-10-19-11-9-13/h4-11,15H,18H2,1-3H3,(H,20,21)/t15-/m1/s1. The Morgan fingerprint density at radius 2 is 1.57 bits per heavy atom. The van der Waals surface area contributed by atoms with Gasteiger partial charge in [0.2, 0.25) is 5.91 Å². The molecular formula is C17H21N3O. The first-order chi connectivity index (χ1) is 9.88. The van der Waals surface area contributed by atoms with Crippen molar-refractivity contribution in [3.8, 4) is 11.1 Å². The molecule has 0 aliphatic rings. The van der Waals surface area contributed by atoms with Gasteiger partial charge in [0, 0.05) is 18.1 Å². The number of nitrogens with two attached hydrogens (primary N) is 1. The van der Waals surface area contributed by atoms with Gasteiger partial charge in [0.05, 0.1) is 6.04 Å². The van der Waals surface area contributed by atoms with Gasteiger partial charge in [0.1, 0.15) is 0 Å². The molecule has 110 valence electrons. The molecule has 0 spiro atoms. The van der Waals surface area contributed by atoms with Gasteiger partial charge in [-0.15, -0.1) is 0 Å². The van der Waals surface area contributed by atoms with Crippen molar-refractivity contribution in [2.24, 2.45) is 11.1 Å². The first-order valence-corrected chi connectivity index (χ1v) is 6.95. The van der Waals surface area contributed by atoms with E-state index in [1.54, 1.807) is 12.4 Å². The summed E-state index contributed by atoms with van der Waals surface area (Å²) < 4.78 is 0. The number of rotatable bonds is 3. The molecule has 0 saturated carbocycles. The molecule has 0 aliphatic heterocycles. The summed E-state index contributed by atoms with van der Waals surface area (Å²) in [6.07, 6.45) is 3.51. The number of anilines is 1. The van der Waals surface area contributed by atoms with Crippen molar-refractivity contribution in [2.75, 3.05) is 5.32 Å². The molecule has 0 saturated heterocycles. The van der Waals surface area contributed by atoms with Crippen LogP contribution in [0.3, 0.4) is 0 Å². The van der Waals surface area contributed by atoms with Gasteiger partial charge in [-0.1, -0.05) is 32.9 Å². The zero-order valence-corrected chi connectivity index (χ0v) is 12.6. The lowest BCUT2D eigenvalue weighted by Crippen LogP contribution is -2.45. The Morgan fingerprint density at radius 3 is 2.10 bits per heavy atom. The number of hydrogen-bond acceptors (Lipinski definition) is 3. The molecule has 0 aliphatic carbocycles. The molecule has 21 heavy (non-hydrogen) atoms. The first kappa shape index (κ1) is 15.2. The number of amides is 1. The molecule has 1 amide bonds. The van der Waals surface area contributed by atoms with Crippen molar-refractivity contribution in [2.45, 2.75) is 26.8 Å². The van der Waals surface area contributed by atoms with Crippen LogP contribution in [0.15, 0.2) is 48.8 Å². The van der Waals surface area contributed by atoms with Crippen LogP contribution in [0.4, 0.5) is 5.69 Å². The van der Waals surface area contributed by atoms with Crippen molar-refractivity contribution in [1.29, 1.82) is 0 Å². The molecule has 1 atom stereocenters. The summed E-state index contributed by atoms with van der Waals surface area (Å²) in [5, 5.41) is 2.85. The lowest BCUT2D eigenvalue weighted by Gasteiger charge is -2.25. The third-order valence-electron chi connectivity index (χ3n) is 3.38. The van der Waals surface area contributed by atoms with Gasteiger partial charge in [-0.2, -0.15) is 0 Å². The van der Waals surface area contributed by atoms with Crippen molar-refractivity contribution in [3.05, 3.63) is 48.8 Å². The van der Waals surface area contributed by atoms with Gasteiger partial charge in [0.25, 0.3) is 0 Å². The Hall–Kier alpha value is -2.20. The molecule has 3 N–H and O–H groups in total. The molecule has 4 nitrogen and oxygen atoms in total. The fourth-order valence-electron chi connectivity index (χ4n) is 1.90. The van der Waals surface area contributed by atoms with Gasteiger partial charge >= 0.3 is 0 Å². The predicted octanol–water partition coefficient (Wildman–Crippen LogP) is 3.06. The highest BCUT2D eigenvalue weighted by molar-refractivity contribution is 5.95. The summed E-state index contributed by atoms with van der Waals surface area (Å²) in [5.41, 5.74) is 8.60. The lowest BCUT2D eigenvalue weighted by atomic mass is 9.87. The van der Waals surface area contributed by atoms with Crippen LogP contribution in [0, 0.1) is 5.41 Å². The number of nitrogens with one attached hydrogen (secondary N) is 1. The van der Waals surface area contributed by atoms with Gasteiger partial charge in [-0.3, -0.25) is 9.78 Å². The molecule has 2 rings (SSSR count). The lowest BCUT2D eigenvalue weighted by molar-refractivity contribution is -0.119. The highest BCUT2D eigenvalue weighted by Gasteiger charge is 2.27. The molecule has 2 aromatic rings. The van der Waals surface area contributed by atoms with Crippen molar-refractivity contribution < 1.29 is 4.79 Å². The number of pyridine rings is 1. The number of carbonyl (C=O) groups excluding carboxylic acids is 1. The second kappa shape index (κ2) is 6.06. The summed E-state index contributed by atoms with van der Waals surface area (Å²) in [6.45, 7) is 5.84. The zero-order chi connectivity index (χ0) is 15.5. The maximum absolute atomic E-state index is 12.1. The number of carbonyl (C=O) groups is 1. The van der Waals surface area contributed by atoms with E-state index in [0.29, 0.717) is 0 Å². The van der Waals surface area contributed by atoms with Crippen LogP contribution in [0.5, 0.6) is 0 Å². The van der Waals surface area contributed by atoms with E-state index in [1.165, 1.54) is 0 Å². The Bertz CT molecular complexity index is 600. The monoisotopic (exact) mass is 283 g/mol. The molecule has 1 heterocycles. The highest BCUT2D eigenvalue weighted by Crippen LogP contribution is 2.22. The van der Waals surface area contributed by atoms with Crippen molar-refractivity contribution in [3.63, 3.8) is 0 Å². The molecule has 0 radical (unpaired) electrons. The van der Waals surface area contributed by atoms with Crippen LogP contribution < -0.4 is 11.1 Å². The van der Waals surface area contributed by atoms with E-state index in [4.69, 9.17) is 5.73 Å². The number of aromatic nitrogens is 1. The predicted molar refractivity (Wildman–Crippen MR) is 85.7 cm³/mol. The van der Waals surface area contributed by atoms with Crippen LogP contribution in [-0.4, -0.2) is 16.9 Å². The number of hydrogen-bond donors (Lipinski definition) is 2. The Balaban J connectivity index is 2.08. The number of benzene rings is 1. The Kier molecular flexibility index (Phi) is 4.38. The van der Waals surface area contributed by atoms with E-state index in [-0.39, 0.29) is 11.3 Å². The quantitative estimate of drug-likeness (QED) is 0.909. The second-order valence-corrected chi connectivity index (χ2v) is 6.15. The topological polar surface area (TPSA) is 68.0 Å². The van der Waals surface area contributed by atoms with Gasteiger partial charge in [-0.05, 0) is 40.8 Å². The third kappa shape index (κ3) is 3.89. The second-order valence-electron chi connectivity index (χ2n) is 6.15. The SMILES string of the molecule is CC(C)(C)[C@H](N)C(=O)Nc1ccc(-c2ccncc2)cc1. The number of nitrogens with zero attached hydrogens (tertiary/aromatic N) is 1. The fourth-order valence-corrected chi connectivity index (χ4v) is 1.90. The Labute approximate surface area is 125 Å². The maximum Gasteiger partial charge on any atom is 0.241 e. The van der Waals surface area contributed by atoms with E-state index in [1.807, 2.05) is 57.2 Å². The molecule has 0 unspecified atom stereocenters. The van der Waals surface area contributed by atoms with E-state index in [2.05, 4.69) is 10.3 Å². The smallest absolute Gasteiger partial charge is 0.241 e. The summed E-state index contributed by atoms with van der Waals surface area (Å²) >= 11 is 0. The summed E-state index contributed by atoms with van der Waals surface area (Å²) in [4.78, 5) is 16.1. The average Bonchev–Trinajstić information content (AvgIpc) is 2.47. The van der Waals surface area contributed by atoms with Crippen LogP contribution >= 0.6 is 0 Å². The van der Waals surface area contributed by atoms with Crippen molar-refractivity contribution >= 4 is 11.6 Å². The normalized spacial score (nSPS) is 12.8.